The van der Waals surface area contributed by atoms with Crippen molar-refractivity contribution < 1.29 is 9.90 Å². The first kappa shape index (κ1) is 16.5. The highest BCUT2D eigenvalue weighted by molar-refractivity contribution is 5.46. The SMILES string of the molecule is CCN(C=O)CCn1c(C2CCCN2C)nc(=O)c(O)c1C. The zero-order valence-corrected chi connectivity index (χ0v) is 13.4. The molecule has 0 radical (unpaired) electrons. The molecule has 0 spiro atoms. The van der Waals surface area contributed by atoms with Crippen molar-refractivity contribution in [3.05, 3.63) is 21.9 Å². The van der Waals surface area contributed by atoms with Gasteiger partial charge in [0.05, 0.1) is 11.7 Å². The van der Waals surface area contributed by atoms with Gasteiger partial charge in [-0.25, -0.2) is 0 Å². The zero-order valence-electron chi connectivity index (χ0n) is 13.4. The highest BCUT2D eigenvalue weighted by Gasteiger charge is 2.28. The normalized spacial score (nSPS) is 18.6. The maximum atomic E-state index is 11.9. The molecule has 22 heavy (non-hydrogen) atoms. The summed E-state index contributed by atoms with van der Waals surface area (Å²) >= 11 is 0. The maximum absolute atomic E-state index is 11.9. The van der Waals surface area contributed by atoms with Crippen molar-refractivity contribution in [2.24, 2.45) is 0 Å². The number of likely N-dealkylation sites (N-methyl/N-ethyl adjacent to an activating group) is 1. The standard InChI is InChI=1S/C15H24N4O3/c1-4-18(10-20)8-9-19-11(2)13(21)15(22)16-14(19)12-6-5-7-17(12)3/h10,12,21H,4-9H2,1-3H3. The van der Waals surface area contributed by atoms with Gasteiger partial charge in [0.1, 0.15) is 5.82 Å². The summed E-state index contributed by atoms with van der Waals surface area (Å²) in [4.78, 5) is 30.7. The number of carbonyl (C=O) groups excluding carboxylic acids is 1. The van der Waals surface area contributed by atoms with Gasteiger partial charge < -0.3 is 14.6 Å². The van der Waals surface area contributed by atoms with Crippen LogP contribution in [0, 0.1) is 6.92 Å². The van der Waals surface area contributed by atoms with Crippen LogP contribution >= 0.6 is 0 Å². The predicted molar refractivity (Wildman–Crippen MR) is 82.8 cm³/mol. The molecular formula is C15H24N4O3. The maximum Gasteiger partial charge on any atom is 0.315 e. The molecule has 1 N–H and O–H groups in total. The molecule has 1 aromatic heterocycles. The van der Waals surface area contributed by atoms with Crippen LogP contribution in [-0.4, -0.2) is 57.5 Å². The Bertz CT molecular complexity index is 599. The molecule has 0 bridgehead atoms. The van der Waals surface area contributed by atoms with E-state index in [1.807, 2.05) is 18.5 Å². The molecule has 1 atom stereocenters. The molecule has 0 aliphatic carbocycles. The number of nitrogens with zero attached hydrogens (tertiary/aromatic N) is 4. The highest BCUT2D eigenvalue weighted by atomic mass is 16.3. The second kappa shape index (κ2) is 6.91. The van der Waals surface area contributed by atoms with E-state index in [1.54, 1.807) is 11.8 Å². The van der Waals surface area contributed by atoms with Gasteiger partial charge >= 0.3 is 5.56 Å². The van der Waals surface area contributed by atoms with Gasteiger partial charge in [0.15, 0.2) is 0 Å². The summed E-state index contributed by atoms with van der Waals surface area (Å²) in [6.07, 6.45) is 2.82. The van der Waals surface area contributed by atoms with Gasteiger partial charge in [0, 0.05) is 19.6 Å². The fraction of sp³-hybridized carbons (Fsp3) is 0.667. The molecule has 7 nitrogen and oxygen atoms in total. The Morgan fingerprint density at radius 3 is 2.77 bits per heavy atom. The Balaban J connectivity index is 2.38. The molecule has 122 valence electrons. The first-order valence-electron chi connectivity index (χ1n) is 7.69. The van der Waals surface area contributed by atoms with Crippen LogP contribution in [-0.2, 0) is 11.3 Å². The van der Waals surface area contributed by atoms with Gasteiger partial charge in [-0.2, -0.15) is 4.98 Å². The number of aromatic hydroxyl groups is 1. The van der Waals surface area contributed by atoms with Crippen LogP contribution < -0.4 is 5.56 Å². The first-order chi connectivity index (χ1) is 10.5. The molecule has 0 saturated carbocycles. The van der Waals surface area contributed by atoms with Gasteiger partial charge in [0.25, 0.3) is 0 Å². The lowest BCUT2D eigenvalue weighted by Crippen LogP contribution is -2.32. The molecule has 1 amide bonds. The van der Waals surface area contributed by atoms with E-state index in [0.717, 1.165) is 25.8 Å². The number of hydrogen-bond acceptors (Lipinski definition) is 5. The third-order valence-corrected chi connectivity index (χ3v) is 4.43. The van der Waals surface area contributed by atoms with Gasteiger partial charge in [-0.15, -0.1) is 0 Å². The van der Waals surface area contributed by atoms with Crippen molar-refractivity contribution >= 4 is 6.41 Å². The highest BCUT2D eigenvalue weighted by Crippen LogP contribution is 2.30. The minimum absolute atomic E-state index is 0.0818. The third kappa shape index (κ3) is 3.14. The lowest BCUT2D eigenvalue weighted by atomic mass is 10.2. The average molecular weight is 308 g/mol. The smallest absolute Gasteiger partial charge is 0.315 e. The zero-order chi connectivity index (χ0) is 16.3. The summed E-state index contributed by atoms with van der Waals surface area (Å²) in [6, 6.07) is 0.0818. The van der Waals surface area contributed by atoms with E-state index in [0.29, 0.717) is 31.2 Å². The number of aromatic nitrogens is 2. The van der Waals surface area contributed by atoms with Crippen LogP contribution in [0.2, 0.25) is 0 Å². The Labute approximate surface area is 130 Å². The van der Waals surface area contributed by atoms with E-state index in [-0.39, 0.29) is 11.8 Å². The van der Waals surface area contributed by atoms with Crippen LogP contribution in [0.3, 0.4) is 0 Å². The Kier molecular flexibility index (Phi) is 5.18. The Hall–Kier alpha value is -1.89. The summed E-state index contributed by atoms with van der Waals surface area (Å²) in [5, 5.41) is 9.91. The molecule has 1 aliphatic rings. The molecule has 2 rings (SSSR count). The van der Waals surface area contributed by atoms with E-state index in [2.05, 4.69) is 9.88 Å². The van der Waals surface area contributed by atoms with Gasteiger partial charge in [-0.3, -0.25) is 14.5 Å². The van der Waals surface area contributed by atoms with Gasteiger partial charge in [0.2, 0.25) is 12.2 Å². The molecule has 2 heterocycles. The largest absolute Gasteiger partial charge is 0.502 e. The molecule has 1 aromatic rings. The molecule has 1 aliphatic heterocycles. The van der Waals surface area contributed by atoms with Crippen LogP contribution in [0.4, 0.5) is 0 Å². The Morgan fingerprint density at radius 2 is 2.23 bits per heavy atom. The van der Waals surface area contributed by atoms with Crippen molar-refractivity contribution in [2.75, 3.05) is 26.7 Å². The second-order valence-corrected chi connectivity index (χ2v) is 5.73. The van der Waals surface area contributed by atoms with Crippen molar-refractivity contribution in [3.63, 3.8) is 0 Å². The van der Waals surface area contributed by atoms with Crippen molar-refractivity contribution in [2.45, 2.75) is 39.3 Å². The third-order valence-electron chi connectivity index (χ3n) is 4.43. The van der Waals surface area contributed by atoms with E-state index >= 15 is 0 Å². The first-order valence-corrected chi connectivity index (χ1v) is 7.69. The molecule has 0 aromatic carbocycles. The monoisotopic (exact) mass is 308 g/mol. The van der Waals surface area contributed by atoms with Crippen molar-refractivity contribution in [1.82, 2.24) is 19.4 Å². The van der Waals surface area contributed by atoms with Crippen LogP contribution in [0.5, 0.6) is 5.75 Å². The minimum atomic E-state index is -0.577. The Morgan fingerprint density at radius 1 is 1.50 bits per heavy atom. The number of likely N-dealkylation sites (tertiary alicyclic amines) is 1. The molecule has 1 fully saturated rings. The number of carbonyl (C=O) groups is 1. The van der Waals surface area contributed by atoms with E-state index in [9.17, 15) is 14.7 Å². The lowest BCUT2D eigenvalue weighted by molar-refractivity contribution is -0.118. The predicted octanol–water partition coefficient (Wildman–Crippen LogP) is 0.502. The van der Waals surface area contributed by atoms with Gasteiger partial charge in [-0.1, -0.05) is 0 Å². The number of amides is 1. The molecular weight excluding hydrogens is 284 g/mol. The molecule has 1 unspecified atom stereocenters. The fourth-order valence-electron chi connectivity index (χ4n) is 2.96. The number of rotatable bonds is 6. The van der Waals surface area contributed by atoms with E-state index in [1.165, 1.54) is 0 Å². The molecule has 7 heteroatoms. The molecule has 1 saturated heterocycles. The summed E-state index contributed by atoms with van der Waals surface area (Å²) in [6.45, 7) is 6.26. The summed E-state index contributed by atoms with van der Waals surface area (Å²) in [5.41, 5.74) is -0.0657. The van der Waals surface area contributed by atoms with Crippen molar-refractivity contribution in [1.29, 1.82) is 0 Å². The average Bonchev–Trinajstić information content (AvgIpc) is 2.93. The minimum Gasteiger partial charge on any atom is -0.502 e. The van der Waals surface area contributed by atoms with Gasteiger partial charge in [-0.05, 0) is 40.3 Å². The topological polar surface area (TPSA) is 78.7 Å². The van der Waals surface area contributed by atoms with E-state index in [4.69, 9.17) is 0 Å². The van der Waals surface area contributed by atoms with Crippen molar-refractivity contribution in [3.8, 4) is 5.75 Å². The summed E-state index contributed by atoms with van der Waals surface area (Å²) in [5.74, 6) is 0.376. The van der Waals surface area contributed by atoms with Crippen LogP contribution in [0.15, 0.2) is 4.79 Å². The van der Waals surface area contributed by atoms with E-state index < -0.39 is 5.56 Å². The summed E-state index contributed by atoms with van der Waals surface area (Å²) < 4.78 is 1.87. The lowest BCUT2D eigenvalue weighted by Gasteiger charge is -2.25. The number of hydrogen-bond donors (Lipinski definition) is 1. The summed E-state index contributed by atoms with van der Waals surface area (Å²) in [7, 11) is 2.01. The van der Waals surface area contributed by atoms with Crippen LogP contribution in [0.1, 0.15) is 37.3 Å². The fourth-order valence-corrected chi connectivity index (χ4v) is 2.96. The quantitative estimate of drug-likeness (QED) is 0.774. The second-order valence-electron chi connectivity index (χ2n) is 5.73. The van der Waals surface area contributed by atoms with Crippen LogP contribution in [0.25, 0.3) is 0 Å².